The summed E-state index contributed by atoms with van der Waals surface area (Å²) >= 11 is 0. The summed E-state index contributed by atoms with van der Waals surface area (Å²) in [5.41, 5.74) is 16.8. The summed E-state index contributed by atoms with van der Waals surface area (Å²) in [6, 6.07) is 85.0. The number of benzene rings is 10. The maximum Gasteiger partial charge on any atom is 0.135 e. The molecule has 2 heteroatoms. The van der Waals surface area contributed by atoms with E-state index in [1.807, 2.05) is 12.1 Å². The van der Waals surface area contributed by atoms with E-state index < -0.39 is 0 Å². The Morgan fingerprint density at radius 2 is 0.733 bits per heavy atom. The monoisotopic (exact) mass is 765 g/mol. The van der Waals surface area contributed by atoms with Gasteiger partial charge in [0, 0.05) is 27.6 Å². The van der Waals surface area contributed by atoms with Crippen LogP contribution in [-0.4, -0.2) is 0 Å². The minimum Gasteiger partial charge on any atom is -0.456 e. The lowest BCUT2D eigenvalue weighted by Crippen LogP contribution is -2.12. The van der Waals surface area contributed by atoms with Crippen molar-refractivity contribution >= 4 is 49.8 Å². The molecule has 0 amide bonds. The van der Waals surface area contributed by atoms with E-state index in [2.05, 4.69) is 229 Å². The molecule has 1 aromatic heterocycles. The highest BCUT2D eigenvalue weighted by molar-refractivity contribution is 6.07. The third-order valence-electron chi connectivity index (χ3n) is 11.7. The van der Waals surface area contributed by atoms with Gasteiger partial charge in [-0.3, -0.25) is 0 Å². The van der Waals surface area contributed by atoms with Crippen LogP contribution in [0.25, 0.3) is 88.3 Å². The lowest BCUT2D eigenvalue weighted by atomic mass is 9.90. The molecule has 0 radical (unpaired) electrons. The Bertz CT molecular complexity index is 3300. The Morgan fingerprint density at radius 3 is 1.47 bits per heavy atom. The summed E-state index contributed by atoms with van der Waals surface area (Å²) in [6.45, 7) is 0. The summed E-state index contributed by atoms with van der Waals surface area (Å²) in [5.74, 6) is 0. The maximum atomic E-state index is 6.26. The number of rotatable bonds is 8. The van der Waals surface area contributed by atoms with Gasteiger partial charge < -0.3 is 9.32 Å². The summed E-state index contributed by atoms with van der Waals surface area (Å²) in [6.07, 6.45) is 0. The molecular weight excluding hydrogens is 727 g/mol. The van der Waals surface area contributed by atoms with Crippen molar-refractivity contribution in [3.8, 4) is 55.6 Å². The zero-order chi connectivity index (χ0) is 39.8. The first-order chi connectivity index (χ1) is 29.8. The second-order valence-corrected chi connectivity index (χ2v) is 15.2. The molecule has 0 aliphatic carbocycles. The van der Waals surface area contributed by atoms with E-state index in [4.69, 9.17) is 4.42 Å². The molecule has 0 aliphatic rings. The van der Waals surface area contributed by atoms with Crippen molar-refractivity contribution in [2.45, 2.75) is 0 Å². The van der Waals surface area contributed by atoms with Crippen LogP contribution < -0.4 is 4.90 Å². The predicted octanol–water partition coefficient (Wildman–Crippen LogP) is 16.5. The van der Waals surface area contributed by atoms with Crippen LogP contribution in [0.5, 0.6) is 0 Å². The lowest BCUT2D eigenvalue weighted by Gasteiger charge is -2.30. The van der Waals surface area contributed by atoms with Crippen molar-refractivity contribution in [1.82, 2.24) is 0 Å². The Morgan fingerprint density at radius 1 is 0.267 bits per heavy atom. The minimum atomic E-state index is 0.886. The van der Waals surface area contributed by atoms with E-state index in [1.54, 1.807) is 0 Å². The fraction of sp³-hybridized carbons (Fsp3) is 0. The molecule has 0 saturated carbocycles. The second-order valence-electron chi connectivity index (χ2n) is 15.2. The number of furan rings is 1. The molecule has 10 aromatic carbocycles. The highest BCUT2D eigenvalue weighted by atomic mass is 16.3. The molecule has 60 heavy (non-hydrogen) atoms. The quantitative estimate of drug-likeness (QED) is 0.153. The van der Waals surface area contributed by atoms with Crippen molar-refractivity contribution in [1.29, 1.82) is 0 Å². The topological polar surface area (TPSA) is 16.4 Å². The van der Waals surface area contributed by atoms with Gasteiger partial charge in [0.25, 0.3) is 0 Å². The van der Waals surface area contributed by atoms with Crippen LogP contribution in [0.4, 0.5) is 17.1 Å². The first kappa shape index (κ1) is 35.2. The number of para-hydroxylation sites is 3. The molecule has 282 valence electrons. The van der Waals surface area contributed by atoms with E-state index in [0.717, 1.165) is 55.7 Å². The van der Waals surface area contributed by atoms with Crippen molar-refractivity contribution in [2.75, 3.05) is 4.90 Å². The molecule has 0 bridgehead atoms. The number of hydrogen-bond donors (Lipinski definition) is 0. The van der Waals surface area contributed by atoms with Gasteiger partial charge in [-0.15, -0.1) is 0 Å². The van der Waals surface area contributed by atoms with Gasteiger partial charge in [0.05, 0.1) is 11.4 Å². The average molecular weight is 766 g/mol. The maximum absolute atomic E-state index is 6.26. The van der Waals surface area contributed by atoms with E-state index in [1.165, 1.54) is 49.7 Å². The van der Waals surface area contributed by atoms with Gasteiger partial charge in [0.2, 0.25) is 0 Å². The molecule has 0 atom stereocenters. The van der Waals surface area contributed by atoms with Crippen LogP contribution in [0, 0.1) is 0 Å². The van der Waals surface area contributed by atoms with E-state index in [-0.39, 0.29) is 0 Å². The van der Waals surface area contributed by atoms with Gasteiger partial charge in [-0.25, -0.2) is 0 Å². The summed E-state index contributed by atoms with van der Waals surface area (Å²) < 4.78 is 6.26. The standard InChI is InChI=1S/C58H39NO/c1-2-15-40(16-3-1)41-29-31-42(32-30-41)43-33-36-46(37-34-43)59(55-26-11-8-20-48(55)45-35-38-58-54(39-45)53-24-10-13-28-57(53)60-58)56-27-12-9-23-52(56)51-22-7-6-21-50(51)49-25-14-18-44-17-4-5-19-47(44)49/h1-39H. The van der Waals surface area contributed by atoms with E-state index in [0.29, 0.717) is 0 Å². The molecule has 1 heterocycles. The zero-order valence-electron chi connectivity index (χ0n) is 32.9. The van der Waals surface area contributed by atoms with Gasteiger partial charge in [-0.2, -0.15) is 0 Å². The van der Waals surface area contributed by atoms with Crippen LogP contribution >= 0.6 is 0 Å². The van der Waals surface area contributed by atoms with Gasteiger partial charge in [-0.05, 0) is 97.7 Å². The van der Waals surface area contributed by atoms with Gasteiger partial charge in [-0.1, -0.05) is 194 Å². The third-order valence-corrected chi connectivity index (χ3v) is 11.7. The second kappa shape index (κ2) is 15.1. The molecule has 2 nitrogen and oxygen atoms in total. The number of fused-ring (bicyclic) bond motifs is 4. The molecule has 0 N–H and O–H groups in total. The zero-order valence-corrected chi connectivity index (χ0v) is 32.9. The average Bonchev–Trinajstić information content (AvgIpc) is 3.70. The largest absolute Gasteiger partial charge is 0.456 e. The fourth-order valence-corrected chi connectivity index (χ4v) is 8.81. The first-order valence-corrected chi connectivity index (χ1v) is 20.5. The first-order valence-electron chi connectivity index (χ1n) is 20.5. The Hall–Kier alpha value is -7.94. The number of hydrogen-bond acceptors (Lipinski definition) is 2. The van der Waals surface area contributed by atoms with Crippen molar-refractivity contribution in [3.05, 3.63) is 237 Å². The van der Waals surface area contributed by atoms with Crippen LogP contribution in [0.3, 0.4) is 0 Å². The lowest BCUT2D eigenvalue weighted by molar-refractivity contribution is 0.669. The molecule has 0 aliphatic heterocycles. The smallest absolute Gasteiger partial charge is 0.135 e. The van der Waals surface area contributed by atoms with Crippen LogP contribution in [-0.2, 0) is 0 Å². The van der Waals surface area contributed by atoms with Crippen molar-refractivity contribution < 1.29 is 4.42 Å². The molecule has 0 fully saturated rings. The van der Waals surface area contributed by atoms with Crippen LogP contribution in [0.15, 0.2) is 241 Å². The van der Waals surface area contributed by atoms with E-state index in [9.17, 15) is 0 Å². The Balaban J connectivity index is 1.09. The third kappa shape index (κ3) is 6.32. The van der Waals surface area contributed by atoms with Gasteiger partial charge in [0.15, 0.2) is 0 Å². The van der Waals surface area contributed by atoms with Crippen LogP contribution in [0.1, 0.15) is 0 Å². The molecule has 11 rings (SSSR count). The minimum absolute atomic E-state index is 0.886. The Labute approximate surface area is 349 Å². The SMILES string of the molecule is c1ccc(-c2ccc(-c3ccc(N(c4ccccc4-c4ccc5oc6ccccc6c5c4)c4ccccc4-c4ccccc4-c4cccc5ccccc45)cc3)cc2)cc1. The number of nitrogens with zero attached hydrogens (tertiary/aromatic N) is 1. The molecule has 0 spiro atoms. The van der Waals surface area contributed by atoms with Gasteiger partial charge in [0.1, 0.15) is 11.2 Å². The molecule has 0 unspecified atom stereocenters. The molecular formula is C58H39NO. The van der Waals surface area contributed by atoms with Crippen molar-refractivity contribution in [3.63, 3.8) is 0 Å². The highest BCUT2D eigenvalue weighted by Gasteiger charge is 2.22. The molecule has 0 saturated heterocycles. The normalized spacial score (nSPS) is 11.3. The van der Waals surface area contributed by atoms with E-state index >= 15 is 0 Å². The number of anilines is 3. The highest BCUT2D eigenvalue weighted by Crippen LogP contribution is 2.47. The molecule has 11 aromatic rings. The summed E-state index contributed by atoms with van der Waals surface area (Å²) in [4.78, 5) is 2.44. The summed E-state index contributed by atoms with van der Waals surface area (Å²) in [7, 11) is 0. The fourth-order valence-electron chi connectivity index (χ4n) is 8.81. The summed E-state index contributed by atoms with van der Waals surface area (Å²) in [5, 5.41) is 4.69. The van der Waals surface area contributed by atoms with Gasteiger partial charge >= 0.3 is 0 Å². The predicted molar refractivity (Wildman–Crippen MR) is 253 cm³/mol. The van der Waals surface area contributed by atoms with Crippen molar-refractivity contribution in [2.24, 2.45) is 0 Å². The Kier molecular flexibility index (Phi) is 8.87. The van der Waals surface area contributed by atoms with Crippen LogP contribution in [0.2, 0.25) is 0 Å².